The average Bonchev–Trinajstić information content (AvgIpc) is 2.30. The zero-order chi connectivity index (χ0) is 12.8. The number of H-pyrrole nitrogens is 1. The Bertz CT molecular complexity index is 483. The molecule has 0 fully saturated rings. The topological polar surface area (TPSA) is 45.8 Å². The molecule has 0 atom stereocenters. The summed E-state index contributed by atoms with van der Waals surface area (Å²) in [5.74, 6) is 0.780. The standard InChI is InChI=1S/C14H20N2O/c1-5-7-8-13-15-11(4)12(14(17)16-13)9-10(3)6-2/h6,9H,2,5,7-8H2,1,3-4H3,(H,15,16,17)/b10-9-. The van der Waals surface area contributed by atoms with Crippen LogP contribution in [0.4, 0.5) is 0 Å². The number of rotatable bonds is 5. The first kappa shape index (κ1) is 13.4. The van der Waals surface area contributed by atoms with E-state index in [0.29, 0.717) is 5.56 Å². The van der Waals surface area contributed by atoms with E-state index in [-0.39, 0.29) is 5.56 Å². The summed E-state index contributed by atoms with van der Waals surface area (Å²) >= 11 is 0. The SMILES string of the molecule is C=C/C(C)=C\c1c(C)nc(CCCC)[nH]c1=O. The molecule has 1 aromatic rings. The Balaban J connectivity index is 3.11. The Labute approximate surface area is 102 Å². The van der Waals surface area contributed by atoms with Crippen LogP contribution in [0.3, 0.4) is 0 Å². The number of nitrogens with zero attached hydrogens (tertiary/aromatic N) is 1. The molecule has 1 rings (SSSR count). The normalized spacial score (nSPS) is 11.6. The summed E-state index contributed by atoms with van der Waals surface area (Å²) in [7, 11) is 0. The van der Waals surface area contributed by atoms with Gasteiger partial charge in [0.15, 0.2) is 0 Å². The number of hydrogen-bond acceptors (Lipinski definition) is 2. The molecular formula is C14H20N2O. The predicted octanol–water partition coefficient (Wildman–Crippen LogP) is 3.01. The van der Waals surface area contributed by atoms with Crippen LogP contribution >= 0.6 is 0 Å². The van der Waals surface area contributed by atoms with E-state index in [2.05, 4.69) is 23.5 Å². The summed E-state index contributed by atoms with van der Waals surface area (Å²) < 4.78 is 0. The van der Waals surface area contributed by atoms with E-state index in [1.807, 2.05) is 19.9 Å². The third-order valence-electron chi connectivity index (χ3n) is 2.66. The maximum atomic E-state index is 11.9. The minimum atomic E-state index is -0.0650. The fourth-order valence-electron chi connectivity index (χ4n) is 1.57. The van der Waals surface area contributed by atoms with Crippen molar-refractivity contribution in [2.75, 3.05) is 0 Å². The van der Waals surface area contributed by atoms with Crippen molar-refractivity contribution in [2.45, 2.75) is 40.0 Å². The van der Waals surface area contributed by atoms with Gasteiger partial charge in [-0.15, -0.1) is 0 Å². The molecule has 1 heterocycles. The Morgan fingerprint density at radius 2 is 2.24 bits per heavy atom. The Kier molecular flexibility index (Phi) is 4.88. The molecule has 0 spiro atoms. The predicted molar refractivity (Wildman–Crippen MR) is 72.1 cm³/mol. The zero-order valence-electron chi connectivity index (χ0n) is 10.8. The van der Waals surface area contributed by atoms with Crippen LogP contribution in [0.25, 0.3) is 6.08 Å². The second-order valence-corrected chi connectivity index (χ2v) is 4.21. The van der Waals surface area contributed by atoms with Crippen molar-refractivity contribution in [3.8, 4) is 0 Å². The largest absolute Gasteiger partial charge is 0.310 e. The number of aryl methyl sites for hydroxylation is 2. The first-order valence-corrected chi connectivity index (χ1v) is 5.99. The molecule has 0 aliphatic carbocycles. The second-order valence-electron chi connectivity index (χ2n) is 4.21. The maximum absolute atomic E-state index is 11.9. The maximum Gasteiger partial charge on any atom is 0.258 e. The lowest BCUT2D eigenvalue weighted by Gasteiger charge is -2.04. The van der Waals surface area contributed by atoms with Gasteiger partial charge < -0.3 is 4.98 Å². The third-order valence-corrected chi connectivity index (χ3v) is 2.66. The quantitative estimate of drug-likeness (QED) is 0.793. The molecule has 3 nitrogen and oxygen atoms in total. The van der Waals surface area contributed by atoms with Crippen LogP contribution in [0.5, 0.6) is 0 Å². The first-order valence-electron chi connectivity index (χ1n) is 5.99. The Hall–Kier alpha value is -1.64. The molecule has 3 heteroatoms. The zero-order valence-corrected chi connectivity index (χ0v) is 10.8. The number of nitrogens with one attached hydrogen (secondary N) is 1. The van der Waals surface area contributed by atoms with Crippen molar-refractivity contribution < 1.29 is 0 Å². The van der Waals surface area contributed by atoms with Crippen LogP contribution in [-0.2, 0) is 6.42 Å². The van der Waals surface area contributed by atoms with Gasteiger partial charge in [-0.05, 0) is 26.3 Å². The van der Waals surface area contributed by atoms with E-state index in [0.717, 1.165) is 36.4 Å². The number of aromatic amines is 1. The summed E-state index contributed by atoms with van der Waals surface area (Å²) in [5.41, 5.74) is 2.30. The molecule has 0 aliphatic rings. The summed E-state index contributed by atoms with van der Waals surface area (Å²) in [6.07, 6.45) is 6.52. The molecule has 92 valence electrons. The highest BCUT2D eigenvalue weighted by Gasteiger charge is 2.05. The number of aromatic nitrogens is 2. The molecular weight excluding hydrogens is 212 g/mol. The van der Waals surface area contributed by atoms with Gasteiger partial charge in [-0.25, -0.2) is 4.98 Å². The van der Waals surface area contributed by atoms with E-state index in [4.69, 9.17) is 0 Å². The number of unbranched alkanes of at least 4 members (excludes halogenated alkanes) is 1. The first-order chi connectivity index (χ1) is 8.08. The lowest BCUT2D eigenvalue weighted by Crippen LogP contribution is -2.16. The summed E-state index contributed by atoms with van der Waals surface area (Å²) in [6, 6.07) is 0. The van der Waals surface area contributed by atoms with E-state index < -0.39 is 0 Å². The van der Waals surface area contributed by atoms with Crippen molar-refractivity contribution in [3.05, 3.63) is 45.7 Å². The summed E-state index contributed by atoms with van der Waals surface area (Å²) in [4.78, 5) is 19.2. The Morgan fingerprint density at radius 1 is 1.53 bits per heavy atom. The molecule has 0 saturated carbocycles. The second kappa shape index (κ2) is 6.18. The van der Waals surface area contributed by atoms with Gasteiger partial charge in [0.2, 0.25) is 0 Å². The van der Waals surface area contributed by atoms with Gasteiger partial charge in [-0.1, -0.05) is 31.6 Å². The van der Waals surface area contributed by atoms with E-state index in [1.165, 1.54) is 0 Å². The molecule has 1 N–H and O–H groups in total. The van der Waals surface area contributed by atoms with E-state index >= 15 is 0 Å². The lowest BCUT2D eigenvalue weighted by molar-refractivity contribution is 0.742. The van der Waals surface area contributed by atoms with E-state index in [1.54, 1.807) is 6.08 Å². The highest BCUT2D eigenvalue weighted by molar-refractivity contribution is 5.55. The van der Waals surface area contributed by atoms with Crippen molar-refractivity contribution in [1.82, 2.24) is 9.97 Å². The van der Waals surface area contributed by atoms with Crippen LogP contribution in [0, 0.1) is 6.92 Å². The van der Waals surface area contributed by atoms with Crippen LogP contribution < -0.4 is 5.56 Å². The van der Waals surface area contributed by atoms with E-state index in [9.17, 15) is 4.79 Å². The number of allylic oxidation sites excluding steroid dienone is 2. The van der Waals surface area contributed by atoms with Gasteiger partial charge >= 0.3 is 0 Å². The van der Waals surface area contributed by atoms with Gasteiger partial charge in [0.25, 0.3) is 5.56 Å². The van der Waals surface area contributed by atoms with Gasteiger partial charge in [-0.3, -0.25) is 4.79 Å². The van der Waals surface area contributed by atoms with Gasteiger partial charge in [0, 0.05) is 6.42 Å². The summed E-state index contributed by atoms with van der Waals surface area (Å²) in [6.45, 7) is 9.58. The van der Waals surface area contributed by atoms with Gasteiger partial charge in [0.05, 0.1) is 11.3 Å². The van der Waals surface area contributed by atoms with Crippen molar-refractivity contribution in [1.29, 1.82) is 0 Å². The van der Waals surface area contributed by atoms with Crippen LogP contribution in [-0.4, -0.2) is 9.97 Å². The number of hydrogen-bond donors (Lipinski definition) is 1. The third kappa shape index (κ3) is 3.70. The molecule has 0 radical (unpaired) electrons. The monoisotopic (exact) mass is 232 g/mol. The Morgan fingerprint density at radius 3 is 2.76 bits per heavy atom. The van der Waals surface area contributed by atoms with Crippen LogP contribution in [0.2, 0.25) is 0 Å². The lowest BCUT2D eigenvalue weighted by atomic mass is 10.1. The molecule has 17 heavy (non-hydrogen) atoms. The molecule has 1 aromatic heterocycles. The average molecular weight is 232 g/mol. The highest BCUT2D eigenvalue weighted by Crippen LogP contribution is 2.07. The van der Waals surface area contributed by atoms with Crippen LogP contribution in [0.1, 0.15) is 43.8 Å². The molecule has 0 saturated heterocycles. The minimum Gasteiger partial charge on any atom is -0.310 e. The molecule has 0 amide bonds. The molecule has 0 unspecified atom stereocenters. The van der Waals surface area contributed by atoms with Gasteiger partial charge in [-0.2, -0.15) is 0 Å². The molecule has 0 aliphatic heterocycles. The highest BCUT2D eigenvalue weighted by atomic mass is 16.1. The van der Waals surface area contributed by atoms with Crippen molar-refractivity contribution in [3.63, 3.8) is 0 Å². The molecule has 0 bridgehead atoms. The fourth-order valence-corrected chi connectivity index (χ4v) is 1.57. The van der Waals surface area contributed by atoms with Crippen LogP contribution in [0.15, 0.2) is 23.0 Å². The smallest absolute Gasteiger partial charge is 0.258 e. The van der Waals surface area contributed by atoms with Crippen molar-refractivity contribution in [2.24, 2.45) is 0 Å². The fraction of sp³-hybridized carbons (Fsp3) is 0.429. The summed E-state index contributed by atoms with van der Waals surface area (Å²) in [5, 5.41) is 0. The van der Waals surface area contributed by atoms with Gasteiger partial charge in [0.1, 0.15) is 5.82 Å². The molecule has 0 aromatic carbocycles. The van der Waals surface area contributed by atoms with Crippen molar-refractivity contribution >= 4 is 6.08 Å². The minimum absolute atomic E-state index is 0.0650.